The molecule has 0 amide bonds. The zero-order chi connectivity index (χ0) is 24.3. The maximum atomic E-state index is 11.6. The summed E-state index contributed by atoms with van der Waals surface area (Å²) < 4.78 is 5.24. The van der Waals surface area contributed by atoms with E-state index in [4.69, 9.17) is 4.74 Å². The standard InChI is InChI=1S/C27H31NO4S2/c1-18-10-13-33-25(18)23(26-19(2)11-14-34-26)5-4-12-28-17-27(31,16-21(28)15-24(29)30)20-6-8-22(32-3)9-7-20/h5-11,13-14,21,31H,4,12,15-17H2,1-3H3,(H,29,30)/t21-,27-/m0/s1. The Morgan fingerprint density at radius 3 is 2.24 bits per heavy atom. The monoisotopic (exact) mass is 497 g/mol. The Hall–Kier alpha value is -2.45. The highest BCUT2D eigenvalue weighted by molar-refractivity contribution is 7.14. The van der Waals surface area contributed by atoms with E-state index < -0.39 is 11.6 Å². The van der Waals surface area contributed by atoms with E-state index >= 15 is 0 Å². The number of benzene rings is 1. The van der Waals surface area contributed by atoms with E-state index in [-0.39, 0.29) is 12.5 Å². The van der Waals surface area contributed by atoms with Crippen molar-refractivity contribution in [3.63, 3.8) is 0 Å². The zero-order valence-corrected chi connectivity index (χ0v) is 21.4. The second kappa shape index (κ2) is 10.4. The Morgan fingerprint density at radius 1 is 1.12 bits per heavy atom. The molecule has 5 nitrogen and oxygen atoms in total. The number of thiophene rings is 2. The van der Waals surface area contributed by atoms with Gasteiger partial charge >= 0.3 is 5.97 Å². The Labute approximate surface area is 208 Å². The number of carboxylic acids is 1. The van der Waals surface area contributed by atoms with E-state index in [1.807, 2.05) is 24.3 Å². The topological polar surface area (TPSA) is 70.0 Å². The SMILES string of the molecule is COc1ccc([C@]2(O)C[C@H](CC(=O)O)N(CCC=C(c3sccc3C)c3sccc3C)C2)cc1. The molecule has 1 fully saturated rings. The van der Waals surface area contributed by atoms with Crippen molar-refractivity contribution >= 4 is 34.2 Å². The van der Waals surface area contributed by atoms with Gasteiger partial charge in [-0.2, -0.15) is 0 Å². The molecule has 1 aliphatic heterocycles. The first-order valence-corrected chi connectivity index (χ1v) is 13.2. The third-order valence-electron chi connectivity index (χ3n) is 6.57. The number of likely N-dealkylation sites (tertiary alicyclic amines) is 1. The highest BCUT2D eigenvalue weighted by atomic mass is 32.1. The van der Waals surface area contributed by atoms with Gasteiger partial charge in [-0.1, -0.05) is 18.2 Å². The lowest BCUT2D eigenvalue weighted by atomic mass is 9.90. The molecule has 4 rings (SSSR count). The fourth-order valence-electron chi connectivity index (χ4n) is 4.78. The predicted molar refractivity (Wildman–Crippen MR) is 139 cm³/mol. The highest BCUT2D eigenvalue weighted by Gasteiger charge is 2.44. The Balaban J connectivity index is 1.55. The molecule has 0 unspecified atom stereocenters. The van der Waals surface area contributed by atoms with Crippen LogP contribution in [0.1, 0.15) is 45.7 Å². The van der Waals surface area contributed by atoms with Crippen LogP contribution in [-0.2, 0) is 10.4 Å². The van der Waals surface area contributed by atoms with Crippen LogP contribution in [0.25, 0.3) is 5.57 Å². The van der Waals surface area contributed by atoms with E-state index in [9.17, 15) is 15.0 Å². The summed E-state index contributed by atoms with van der Waals surface area (Å²) >= 11 is 3.51. The van der Waals surface area contributed by atoms with Crippen LogP contribution in [0.2, 0.25) is 0 Å². The first-order valence-electron chi connectivity index (χ1n) is 11.4. The average Bonchev–Trinajstić information content (AvgIpc) is 3.51. The molecule has 0 bridgehead atoms. The van der Waals surface area contributed by atoms with E-state index in [1.165, 1.54) is 26.5 Å². The van der Waals surface area contributed by atoms with Gasteiger partial charge < -0.3 is 14.9 Å². The van der Waals surface area contributed by atoms with Crippen LogP contribution in [0.3, 0.4) is 0 Å². The smallest absolute Gasteiger partial charge is 0.304 e. The van der Waals surface area contributed by atoms with Gasteiger partial charge in [0.15, 0.2) is 0 Å². The molecular weight excluding hydrogens is 466 g/mol. The summed E-state index contributed by atoms with van der Waals surface area (Å²) in [5, 5.41) is 25.2. The van der Waals surface area contributed by atoms with Gasteiger partial charge in [-0.3, -0.25) is 9.69 Å². The van der Waals surface area contributed by atoms with Crippen molar-refractivity contribution in [1.29, 1.82) is 0 Å². The molecule has 1 aromatic carbocycles. The fraction of sp³-hybridized carbons (Fsp3) is 0.370. The van der Waals surface area contributed by atoms with Gasteiger partial charge in [0.05, 0.1) is 13.5 Å². The Bertz CT molecular complexity index is 1120. The van der Waals surface area contributed by atoms with Crippen molar-refractivity contribution in [2.75, 3.05) is 20.2 Å². The lowest BCUT2D eigenvalue weighted by molar-refractivity contribution is -0.138. The first kappa shape index (κ1) is 24.7. The summed E-state index contributed by atoms with van der Waals surface area (Å²) in [5.74, 6) is -0.108. The minimum absolute atomic E-state index is 0.0170. The number of hydrogen-bond donors (Lipinski definition) is 2. The zero-order valence-electron chi connectivity index (χ0n) is 19.8. The number of β-amino-alcohol motifs (C(OH)–C–C–N with tert-alkyl or cyclic N) is 1. The molecule has 7 heteroatoms. The van der Waals surface area contributed by atoms with Crippen molar-refractivity contribution in [2.24, 2.45) is 0 Å². The van der Waals surface area contributed by atoms with Crippen molar-refractivity contribution in [3.8, 4) is 5.75 Å². The molecule has 180 valence electrons. The van der Waals surface area contributed by atoms with Gasteiger partial charge in [0, 0.05) is 34.5 Å². The molecule has 0 radical (unpaired) electrons. The van der Waals surface area contributed by atoms with Crippen LogP contribution >= 0.6 is 22.7 Å². The molecule has 1 saturated heterocycles. The van der Waals surface area contributed by atoms with Crippen LogP contribution in [0, 0.1) is 13.8 Å². The van der Waals surface area contributed by atoms with Crippen LogP contribution in [0.5, 0.6) is 5.75 Å². The number of hydrogen-bond acceptors (Lipinski definition) is 6. The second-order valence-corrected chi connectivity index (χ2v) is 10.8. The summed E-state index contributed by atoms with van der Waals surface area (Å²) in [6.07, 6.45) is 3.47. The van der Waals surface area contributed by atoms with Crippen molar-refractivity contribution in [2.45, 2.75) is 44.8 Å². The molecule has 1 aliphatic rings. The Morgan fingerprint density at radius 2 is 1.74 bits per heavy atom. The molecule has 2 aromatic heterocycles. The number of aliphatic carboxylic acids is 1. The molecule has 0 saturated carbocycles. The van der Waals surface area contributed by atoms with Gasteiger partial charge in [0.2, 0.25) is 0 Å². The van der Waals surface area contributed by atoms with Gasteiger partial charge in [0.25, 0.3) is 0 Å². The third kappa shape index (κ3) is 5.28. The summed E-state index contributed by atoms with van der Waals surface area (Å²) in [4.78, 5) is 16.3. The van der Waals surface area contributed by atoms with Crippen molar-refractivity contribution in [1.82, 2.24) is 4.90 Å². The molecule has 34 heavy (non-hydrogen) atoms. The van der Waals surface area contributed by atoms with Crippen LogP contribution in [-0.4, -0.2) is 47.3 Å². The normalized spacial score (nSPS) is 20.4. The van der Waals surface area contributed by atoms with Crippen LogP contribution < -0.4 is 4.74 Å². The van der Waals surface area contributed by atoms with Crippen LogP contribution in [0.15, 0.2) is 53.2 Å². The number of carbonyl (C=O) groups is 1. The van der Waals surface area contributed by atoms with Gasteiger partial charge in [-0.25, -0.2) is 0 Å². The van der Waals surface area contributed by atoms with E-state index in [0.29, 0.717) is 19.5 Å². The first-order chi connectivity index (χ1) is 16.3. The number of carboxylic acid groups (broad SMARTS) is 1. The van der Waals surface area contributed by atoms with E-state index in [0.717, 1.165) is 17.7 Å². The molecule has 3 heterocycles. The summed E-state index contributed by atoms with van der Waals surface area (Å²) in [5.41, 5.74) is 3.50. The average molecular weight is 498 g/mol. The molecule has 0 aliphatic carbocycles. The number of ether oxygens (including phenoxy) is 1. The molecule has 0 spiro atoms. The molecule has 2 atom stereocenters. The van der Waals surface area contributed by atoms with Gasteiger partial charge in [-0.05, 0) is 78.4 Å². The quantitative estimate of drug-likeness (QED) is 0.397. The van der Waals surface area contributed by atoms with E-state index in [2.05, 4.69) is 47.7 Å². The number of rotatable bonds is 9. The van der Waals surface area contributed by atoms with Gasteiger partial charge in [-0.15, -0.1) is 22.7 Å². The van der Waals surface area contributed by atoms with Crippen molar-refractivity contribution < 1.29 is 19.7 Å². The Kier molecular flexibility index (Phi) is 7.57. The minimum atomic E-state index is -1.08. The lowest BCUT2D eigenvalue weighted by Gasteiger charge is -2.24. The maximum absolute atomic E-state index is 11.6. The maximum Gasteiger partial charge on any atom is 0.304 e. The summed E-state index contributed by atoms with van der Waals surface area (Å²) in [7, 11) is 1.61. The van der Waals surface area contributed by atoms with Crippen LogP contribution in [0.4, 0.5) is 0 Å². The van der Waals surface area contributed by atoms with Crippen molar-refractivity contribution in [3.05, 3.63) is 79.7 Å². The number of nitrogens with zero attached hydrogens (tertiary/aromatic N) is 1. The number of methoxy groups -OCH3 is 1. The van der Waals surface area contributed by atoms with Gasteiger partial charge in [0.1, 0.15) is 11.4 Å². The molecule has 2 N–H and O–H groups in total. The van der Waals surface area contributed by atoms with E-state index in [1.54, 1.807) is 29.8 Å². The molecular formula is C27H31NO4S2. The second-order valence-electron chi connectivity index (χ2n) is 8.96. The summed E-state index contributed by atoms with van der Waals surface area (Å²) in [6.45, 7) is 5.38. The third-order valence-corrected chi connectivity index (χ3v) is 8.67. The minimum Gasteiger partial charge on any atom is -0.497 e. The fourth-order valence-corrected chi connectivity index (χ4v) is 6.80. The largest absolute Gasteiger partial charge is 0.497 e. The molecule has 3 aromatic rings. The highest BCUT2D eigenvalue weighted by Crippen LogP contribution is 2.39. The number of aliphatic hydroxyl groups is 1. The number of aryl methyl sites for hydroxylation is 2. The summed E-state index contributed by atoms with van der Waals surface area (Å²) in [6, 6.07) is 11.5. The predicted octanol–water partition coefficient (Wildman–Crippen LogP) is 5.69. The lowest BCUT2D eigenvalue weighted by Crippen LogP contribution is -2.34.